The summed E-state index contributed by atoms with van der Waals surface area (Å²) in [5.74, 6) is 0.437. The first kappa shape index (κ1) is 15.6. The second-order valence-corrected chi connectivity index (χ2v) is 6.84. The van der Waals surface area contributed by atoms with Crippen molar-refractivity contribution in [1.29, 1.82) is 0 Å². The highest BCUT2D eigenvalue weighted by molar-refractivity contribution is 7.99. The lowest BCUT2D eigenvalue weighted by Crippen LogP contribution is -2.25. The molecule has 2 heterocycles. The molecule has 0 aliphatic carbocycles. The number of carbonyl (C=O) groups is 1. The smallest absolute Gasteiger partial charge is 0.414 e. The summed E-state index contributed by atoms with van der Waals surface area (Å²) in [4.78, 5) is 13.0. The third-order valence-electron chi connectivity index (χ3n) is 4.08. The van der Waals surface area contributed by atoms with Crippen molar-refractivity contribution in [3.05, 3.63) is 29.6 Å². The number of aliphatic hydroxyl groups excluding tert-OH is 2. The summed E-state index contributed by atoms with van der Waals surface area (Å²) in [5, 5.41) is 18.7. The van der Waals surface area contributed by atoms with E-state index in [2.05, 4.69) is 0 Å². The van der Waals surface area contributed by atoms with Gasteiger partial charge in [0.1, 0.15) is 11.9 Å². The van der Waals surface area contributed by atoms with Crippen molar-refractivity contribution in [3.8, 4) is 0 Å². The van der Waals surface area contributed by atoms with E-state index >= 15 is 0 Å². The summed E-state index contributed by atoms with van der Waals surface area (Å²) in [7, 11) is 0. The summed E-state index contributed by atoms with van der Waals surface area (Å²) in [6.07, 6.45) is 0.228. The van der Waals surface area contributed by atoms with Crippen molar-refractivity contribution >= 4 is 23.5 Å². The van der Waals surface area contributed by atoms with E-state index in [9.17, 15) is 14.3 Å². The fourth-order valence-corrected chi connectivity index (χ4v) is 3.96. The lowest BCUT2D eigenvalue weighted by atomic mass is 9.92. The molecule has 2 N–H and O–H groups in total. The Kier molecular flexibility index (Phi) is 4.56. The number of benzene rings is 1. The number of hydrogen-bond donors (Lipinski definition) is 2. The number of carbonyl (C=O) groups excluding carboxylic acids is 1. The van der Waals surface area contributed by atoms with Crippen molar-refractivity contribution in [2.45, 2.75) is 30.3 Å². The van der Waals surface area contributed by atoms with E-state index in [1.54, 1.807) is 12.1 Å². The molecule has 3 rings (SSSR count). The minimum absolute atomic E-state index is 0.000944. The number of rotatable bonds is 3. The first-order valence-corrected chi connectivity index (χ1v) is 8.31. The van der Waals surface area contributed by atoms with E-state index in [1.807, 2.05) is 0 Å². The normalized spacial score (nSPS) is 28.8. The van der Waals surface area contributed by atoms with Crippen LogP contribution in [0.3, 0.4) is 0 Å². The van der Waals surface area contributed by atoms with E-state index in [0.717, 1.165) is 12.2 Å². The SMILES string of the molecule is O=C1OC(CO)CN1c1ccc([C@@H]2CCSC(O)C2)c(F)c1. The van der Waals surface area contributed by atoms with Gasteiger partial charge in [0.15, 0.2) is 0 Å². The third-order valence-corrected chi connectivity index (χ3v) is 5.12. The number of amides is 1. The van der Waals surface area contributed by atoms with Crippen molar-refractivity contribution in [3.63, 3.8) is 0 Å². The Bertz CT molecular complexity index is 570. The molecule has 120 valence electrons. The number of ether oxygens (including phenoxy) is 1. The van der Waals surface area contributed by atoms with E-state index in [0.29, 0.717) is 17.7 Å². The van der Waals surface area contributed by atoms with E-state index < -0.39 is 17.6 Å². The first-order chi connectivity index (χ1) is 10.6. The standard InChI is InChI=1S/C15H18FNO4S/c16-13-6-10(17-7-11(8-18)21-15(17)20)1-2-12(13)9-3-4-22-14(19)5-9/h1-2,6,9,11,14,18-19H,3-5,7-8H2/t9-,11?,14?/m1/s1. The maximum absolute atomic E-state index is 14.4. The van der Waals surface area contributed by atoms with Crippen molar-refractivity contribution in [2.75, 3.05) is 23.8 Å². The van der Waals surface area contributed by atoms with Crippen LogP contribution in [0.25, 0.3) is 0 Å². The van der Waals surface area contributed by atoms with Gasteiger partial charge in [-0.1, -0.05) is 6.07 Å². The molecule has 0 aromatic heterocycles. The number of aliphatic hydroxyl groups is 2. The Balaban J connectivity index is 1.79. The van der Waals surface area contributed by atoms with Gasteiger partial charge in [-0.05, 0) is 42.2 Å². The number of cyclic esters (lactones) is 1. The van der Waals surface area contributed by atoms with Gasteiger partial charge < -0.3 is 14.9 Å². The van der Waals surface area contributed by atoms with Gasteiger partial charge in [-0.15, -0.1) is 11.8 Å². The molecule has 2 unspecified atom stereocenters. The van der Waals surface area contributed by atoms with Crippen molar-refractivity contribution in [2.24, 2.45) is 0 Å². The van der Waals surface area contributed by atoms with Crippen LogP contribution >= 0.6 is 11.8 Å². The van der Waals surface area contributed by atoms with Crippen LogP contribution in [0.1, 0.15) is 24.3 Å². The molecule has 5 nitrogen and oxygen atoms in total. The summed E-state index contributed by atoms with van der Waals surface area (Å²) in [5.41, 5.74) is 0.555. The maximum atomic E-state index is 14.4. The van der Waals surface area contributed by atoms with Crippen LogP contribution in [0.2, 0.25) is 0 Å². The van der Waals surface area contributed by atoms with Gasteiger partial charge in [0.05, 0.1) is 24.3 Å². The fraction of sp³-hybridized carbons (Fsp3) is 0.533. The molecule has 1 aromatic carbocycles. The predicted molar refractivity (Wildman–Crippen MR) is 81.5 cm³/mol. The second kappa shape index (κ2) is 6.44. The molecule has 22 heavy (non-hydrogen) atoms. The minimum Gasteiger partial charge on any atom is -0.441 e. The zero-order valence-corrected chi connectivity index (χ0v) is 12.8. The van der Waals surface area contributed by atoms with E-state index in [4.69, 9.17) is 9.84 Å². The van der Waals surface area contributed by atoms with Crippen LogP contribution in [-0.2, 0) is 4.74 Å². The van der Waals surface area contributed by atoms with Crippen LogP contribution < -0.4 is 4.90 Å². The van der Waals surface area contributed by atoms with Gasteiger partial charge in [0.25, 0.3) is 0 Å². The average molecular weight is 327 g/mol. The lowest BCUT2D eigenvalue weighted by molar-refractivity contribution is 0.0963. The van der Waals surface area contributed by atoms with Gasteiger partial charge >= 0.3 is 6.09 Å². The number of halogens is 1. The highest BCUT2D eigenvalue weighted by atomic mass is 32.2. The lowest BCUT2D eigenvalue weighted by Gasteiger charge is -2.26. The van der Waals surface area contributed by atoms with Crippen molar-refractivity contribution < 1.29 is 24.1 Å². The molecule has 2 saturated heterocycles. The van der Waals surface area contributed by atoms with Crippen LogP contribution in [0.15, 0.2) is 18.2 Å². The zero-order chi connectivity index (χ0) is 15.7. The Hall–Kier alpha value is -1.31. The topological polar surface area (TPSA) is 70.0 Å². The highest BCUT2D eigenvalue weighted by Gasteiger charge is 2.32. The molecule has 2 aliphatic rings. The number of hydrogen-bond acceptors (Lipinski definition) is 5. The third kappa shape index (κ3) is 3.06. The first-order valence-electron chi connectivity index (χ1n) is 7.26. The molecule has 2 fully saturated rings. The Morgan fingerprint density at radius 1 is 1.45 bits per heavy atom. The molecular weight excluding hydrogens is 309 g/mol. The van der Waals surface area contributed by atoms with Gasteiger partial charge in [0, 0.05) is 0 Å². The van der Waals surface area contributed by atoms with Gasteiger partial charge in [0.2, 0.25) is 0 Å². The summed E-state index contributed by atoms with van der Waals surface area (Å²) < 4.78 is 19.4. The van der Waals surface area contributed by atoms with E-state index in [1.165, 1.54) is 22.7 Å². The van der Waals surface area contributed by atoms with Gasteiger partial charge in [-0.25, -0.2) is 9.18 Å². The largest absolute Gasteiger partial charge is 0.441 e. The number of nitrogens with zero attached hydrogens (tertiary/aromatic N) is 1. The fourth-order valence-electron chi connectivity index (χ4n) is 2.90. The average Bonchev–Trinajstić information content (AvgIpc) is 2.88. The molecule has 0 radical (unpaired) electrons. The Morgan fingerprint density at radius 3 is 2.91 bits per heavy atom. The predicted octanol–water partition coefficient (Wildman–Crippen LogP) is 2.07. The highest BCUT2D eigenvalue weighted by Crippen LogP contribution is 2.37. The van der Waals surface area contributed by atoms with E-state index in [-0.39, 0.29) is 24.9 Å². The zero-order valence-electron chi connectivity index (χ0n) is 11.9. The molecule has 7 heteroatoms. The van der Waals surface area contributed by atoms with Crippen LogP contribution in [0, 0.1) is 5.82 Å². The summed E-state index contributed by atoms with van der Waals surface area (Å²) >= 11 is 1.49. The van der Waals surface area contributed by atoms with Gasteiger partial charge in [-0.3, -0.25) is 4.90 Å². The molecule has 2 aliphatic heterocycles. The van der Waals surface area contributed by atoms with Crippen LogP contribution in [0.5, 0.6) is 0 Å². The monoisotopic (exact) mass is 327 g/mol. The maximum Gasteiger partial charge on any atom is 0.414 e. The quantitative estimate of drug-likeness (QED) is 0.889. The molecule has 1 aromatic rings. The van der Waals surface area contributed by atoms with Gasteiger partial charge in [-0.2, -0.15) is 0 Å². The summed E-state index contributed by atoms with van der Waals surface area (Å²) in [6.45, 7) is -0.0344. The van der Waals surface area contributed by atoms with Crippen LogP contribution in [-0.4, -0.2) is 46.8 Å². The van der Waals surface area contributed by atoms with Crippen molar-refractivity contribution in [1.82, 2.24) is 0 Å². The molecule has 1 amide bonds. The minimum atomic E-state index is -0.573. The number of anilines is 1. The molecular formula is C15H18FNO4S. The molecule has 0 bridgehead atoms. The molecule has 0 spiro atoms. The summed E-state index contributed by atoms with van der Waals surface area (Å²) in [6, 6.07) is 4.69. The van der Waals surface area contributed by atoms with Crippen LogP contribution in [0.4, 0.5) is 14.9 Å². The number of thioether (sulfide) groups is 1. The second-order valence-electron chi connectivity index (χ2n) is 5.55. The molecule has 3 atom stereocenters. The Labute approximate surface area is 132 Å². The Morgan fingerprint density at radius 2 is 2.27 bits per heavy atom. The molecule has 0 saturated carbocycles.